The van der Waals surface area contributed by atoms with Gasteiger partial charge in [0, 0.05) is 21.7 Å². The molecule has 0 radical (unpaired) electrons. The molecule has 0 aliphatic rings. The molecule has 3 N–H and O–H groups in total. The molecule has 1 aromatic rings. The third kappa shape index (κ3) is 5.77. The van der Waals surface area contributed by atoms with Crippen LogP contribution in [0.2, 0.25) is 5.02 Å². The zero-order valence-electron chi connectivity index (χ0n) is 10.4. The van der Waals surface area contributed by atoms with Crippen molar-refractivity contribution in [1.82, 2.24) is 5.43 Å². The van der Waals surface area contributed by atoms with Gasteiger partial charge in [0.1, 0.15) is 0 Å². The molecule has 0 spiro atoms. The molecule has 0 bridgehead atoms. The molecule has 0 saturated heterocycles. The van der Waals surface area contributed by atoms with E-state index in [2.05, 4.69) is 25.3 Å². The maximum absolute atomic E-state index is 5.95. The van der Waals surface area contributed by atoms with Crippen molar-refractivity contribution < 1.29 is 0 Å². The quantitative estimate of drug-likeness (QED) is 0.452. The van der Waals surface area contributed by atoms with Gasteiger partial charge in [-0.25, -0.2) is 0 Å². The summed E-state index contributed by atoms with van der Waals surface area (Å²) in [4.78, 5) is 1.20. The lowest BCUT2D eigenvalue weighted by atomic mass is 10.0. The van der Waals surface area contributed by atoms with Gasteiger partial charge in [0.15, 0.2) is 0 Å². The highest BCUT2D eigenvalue weighted by atomic mass is 35.5. The van der Waals surface area contributed by atoms with Crippen molar-refractivity contribution in [3.63, 3.8) is 0 Å². The molecular formula is C13H21ClN2S. The van der Waals surface area contributed by atoms with Crippen LogP contribution in [0, 0.1) is 5.92 Å². The van der Waals surface area contributed by atoms with Crippen LogP contribution in [0.1, 0.15) is 26.7 Å². The van der Waals surface area contributed by atoms with Crippen LogP contribution >= 0.6 is 23.4 Å². The number of benzene rings is 1. The number of nitrogens with two attached hydrogens (primary N) is 1. The molecule has 0 saturated carbocycles. The molecule has 96 valence electrons. The van der Waals surface area contributed by atoms with E-state index in [9.17, 15) is 0 Å². The van der Waals surface area contributed by atoms with E-state index >= 15 is 0 Å². The Hall–Kier alpha value is -0.220. The van der Waals surface area contributed by atoms with Crippen LogP contribution in [0.15, 0.2) is 29.2 Å². The molecule has 0 amide bonds. The first-order chi connectivity index (χ1) is 8.15. The van der Waals surface area contributed by atoms with E-state index in [1.807, 2.05) is 18.2 Å². The summed E-state index contributed by atoms with van der Waals surface area (Å²) in [6.45, 7) is 4.47. The normalized spacial score (nSPS) is 14.6. The second-order valence-corrected chi connectivity index (χ2v) is 5.91. The van der Waals surface area contributed by atoms with Gasteiger partial charge in [-0.3, -0.25) is 11.3 Å². The van der Waals surface area contributed by atoms with E-state index in [0.29, 0.717) is 12.0 Å². The highest BCUT2D eigenvalue weighted by Crippen LogP contribution is 2.23. The van der Waals surface area contributed by atoms with Crippen LogP contribution in [0.5, 0.6) is 0 Å². The number of hydrazine groups is 1. The van der Waals surface area contributed by atoms with E-state index in [4.69, 9.17) is 17.4 Å². The summed E-state index contributed by atoms with van der Waals surface area (Å²) in [6, 6.07) is 8.29. The van der Waals surface area contributed by atoms with Crippen LogP contribution in [0.25, 0.3) is 0 Å². The second-order valence-electron chi connectivity index (χ2n) is 4.38. The average molecular weight is 273 g/mol. The largest absolute Gasteiger partial charge is 0.271 e. The Bertz CT molecular complexity index is 333. The Labute approximate surface area is 113 Å². The second kappa shape index (κ2) is 7.98. The number of hydrogen-bond donors (Lipinski definition) is 2. The van der Waals surface area contributed by atoms with Crippen LogP contribution < -0.4 is 11.3 Å². The van der Waals surface area contributed by atoms with Crippen molar-refractivity contribution in [3.05, 3.63) is 29.3 Å². The molecular weight excluding hydrogens is 252 g/mol. The van der Waals surface area contributed by atoms with Gasteiger partial charge >= 0.3 is 0 Å². The molecule has 1 rings (SSSR count). The van der Waals surface area contributed by atoms with Gasteiger partial charge in [0.25, 0.3) is 0 Å². The topological polar surface area (TPSA) is 38.0 Å². The number of rotatable bonds is 7. The minimum atomic E-state index is 0.355. The fourth-order valence-electron chi connectivity index (χ4n) is 1.59. The number of nitrogens with one attached hydrogen (secondary N) is 1. The summed E-state index contributed by atoms with van der Waals surface area (Å²) < 4.78 is 0. The van der Waals surface area contributed by atoms with Crippen molar-refractivity contribution in [2.45, 2.75) is 37.6 Å². The van der Waals surface area contributed by atoms with E-state index < -0.39 is 0 Å². The van der Waals surface area contributed by atoms with Gasteiger partial charge in [0.2, 0.25) is 0 Å². The minimum absolute atomic E-state index is 0.355. The number of halogens is 1. The van der Waals surface area contributed by atoms with Crippen molar-refractivity contribution in [2.24, 2.45) is 11.8 Å². The maximum Gasteiger partial charge on any atom is 0.0417 e. The lowest BCUT2D eigenvalue weighted by Crippen LogP contribution is -2.38. The molecule has 0 fully saturated rings. The zero-order chi connectivity index (χ0) is 12.7. The third-order valence-corrected chi connectivity index (χ3v) is 4.26. The monoisotopic (exact) mass is 272 g/mol. The Balaban J connectivity index is 2.42. The fraction of sp³-hybridized carbons (Fsp3) is 0.538. The average Bonchev–Trinajstić information content (AvgIpc) is 2.34. The first kappa shape index (κ1) is 14.8. The molecule has 2 nitrogen and oxygen atoms in total. The summed E-state index contributed by atoms with van der Waals surface area (Å²) in [5.74, 6) is 7.26. The van der Waals surface area contributed by atoms with Crippen LogP contribution in [0.4, 0.5) is 0 Å². The smallest absolute Gasteiger partial charge is 0.0417 e. The molecule has 0 aromatic heterocycles. The Morgan fingerprint density at radius 3 is 2.82 bits per heavy atom. The number of hydrogen-bond acceptors (Lipinski definition) is 3. The van der Waals surface area contributed by atoms with Gasteiger partial charge in [0.05, 0.1) is 0 Å². The molecule has 1 aromatic carbocycles. The van der Waals surface area contributed by atoms with Gasteiger partial charge in [-0.15, -0.1) is 11.8 Å². The third-order valence-electron chi connectivity index (χ3n) is 2.87. The number of thioether (sulfide) groups is 1. The van der Waals surface area contributed by atoms with E-state index in [-0.39, 0.29) is 0 Å². The van der Waals surface area contributed by atoms with Crippen molar-refractivity contribution in [3.8, 4) is 0 Å². The zero-order valence-corrected chi connectivity index (χ0v) is 12.0. The molecule has 0 heterocycles. The van der Waals surface area contributed by atoms with Crippen LogP contribution in [-0.4, -0.2) is 11.8 Å². The molecule has 2 unspecified atom stereocenters. The van der Waals surface area contributed by atoms with E-state index in [0.717, 1.165) is 17.2 Å². The molecule has 2 atom stereocenters. The molecule has 4 heteroatoms. The Kier molecular flexibility index (Phi) is 6.97. The van der Waals surface area contributed by atoms with Crippen molar-refractivity contribution in [2.75, 3.05) is 5.75 Å². The van der Waals surface area contributed by atoms with Gasteiger partial charge in [-0.2, -0.15) is 0 Å². The summed E-state index contributed by atoms with van der Waals surface area (Å²) in [6.07, 6.45) is 2.31. The minimum Gasteiger partial charge on any atom is -0.271 e. The Morgan fingerprint density at radius 2 is 2.24 bits per heavy atom. The Morgan fingerprint density at radius 1 is 1.47 bits per heavy atom. The van der Waals surface area contributed by atoms with Gasteiger partial charge in [-0.05, 0) is 30.5 Å². The first-order valence-electron chi connectivity index (χ1n) is 6.00. The fourth-order valence-corrected chi connectivity index (χ4v) is 2.86. The lowest BCUT2D eigenvalue weighted by molar-refractivity contribution is 0.423. The lowest BCUT2D eigenvalue weighted by Gasteiger charge is -2.19. The SMILES string of the molecule is CCC(C)CC(CSc1cccc(Cl)c1)NN. The van der Waals surface area contributed by atoms with E-state index in [1.54, 1.807) is 11.8 Å². The molecule has 17 heavy (non-hydrogen) atoms. The van der Waals surface area contributed by atoms with Gasteiger partial charge < -0.3 is 0 Å². The van der Waals surface area contributed by atoms with Crippen molar-refractivity contribution >= 4 is 23.4 Å². The summed E-state index contributed by atoms with van der Waals surface area (Å²) in [5, 5.41) is 0.786. The van der Waals surface area contributed by atoms with Crippen LogP contribution in [0.3, 0.4) is 0 Å². The maximum atomic E-state index is 5.95. The molecule has 0 aliphatic heterocycles. The first-order valence-corrected chi connectivity index (χ1v) is 7.36. The summed E-state index contributed by atoms with van der Waals surface area (Å²) >= 11 is 7.74. The summed E-state index contributed by atoms with van der Waals surface area (Å²) in [7, 11) is 0. The highest BCUT2D eigenvalue weighted by molar-refractivity contribution is 7.99. The molecule has 0 aliphatic carbocycles. The van der Waals surface area contributed by atoms with Crippen molar-refractivity contribution in [1.29, 1.82) is 0 Å². The van der Waals surface area contributed by atoms with Crippen LogP contribution in [-0.2, 0) is 0 Å². The van der Waals surface area contributed by atoms with Gasteiger partial charge in [-0.1, -0.05) is 37.9 Å². The predicted molar refractivity (Wildman–Crippen MR) is 77.4 cm³/mol. The predicted octanol–water partition coefficient (Wildman–Crippen LogP) is 3.70. The summed E-state index contributed by atoms with van der Waals surface area (Å²) in [5.41, 5.74) is 2.90. The van der Waals surface area contributed by atoms with E-state index in [1.165, 1.54) is 11.3 Å². The highest BCUT2D eigenvalue weighted by Gasteiger charge is 2.11. The standard InChI is InChI=1S/C13H21ClN2S/c1-3-10(2)7-12(16-15)9-17-13-6-4-5-11(14)8-13/h4-6,8,10,12,16H,3,7,9,15H2,1-2H3.